The third-order valence-electron chi connectivity index (χ3n) is 3.66. The van der Waals surface area contributed by atoms with E-state index in [0.29, 0.717) is 30.5 Å². The Labute approximate surface area is 139 Å². The summed E-state index contributed by atoms with van der Waals surface area (Å²) in [6.45, 7) is 1.15. The lowest BCUT2D eigenvalue weighted by Gasteiger charge is -2.09. The van der Waals surface area contributed by atoms with Gasteiger partial charge in [-0.1, -0.05) is 12.1 Å². The van der Waals surface area contributed by atoms with Crippen molar-refractivity contribution in [2.75, 3.05) is 20.3 Å². The highest BCUT2D eigenvalue weighted by molar-refractivity contribution is 6.07. The maximum atomic E-state index is 14.0. The zero-order valence-corrected chi connectivity index (χ0v) is 13.3. The molecule has 0 radical (unpaired) electrons. The van der Waals surface area contributed by atoms with Gasteiger partial charge in [0.1, 0.15) is 11.6 Å². The van der Waals surface area contributed by atoms with Crippen LogP contribution in [-0.4, -0.2) is 26.1 Å². The van der Waals surface area contributed by atoms with Crippen molar-refractivity contribution in [1.82, 2.24) is 0 Å². The van der Waals surface area contributed by atoms with Gasteiger partial charge in [-0.05, 0) is 30.4 Å². The lowest BCUT2D eigenvalue weighted by atomic mass is 10.1. The summed E-state index contributed by atoms with van der Waals surface area (Å²) in [6.07, 6.45) is 3.74. The van der Waals surface area contributed by atoms with Gasteiger partial charge < -0.3 is 14.2 Å². The number of allylic oxidation sites excluding steroid dienone is 1. The molecule has 0 saturated heterocycles. The molecule has 0 saturated carbocycles. The van der Waals surface area contributed by atoms with Crippen LogP contribution in [0.5, 0.6) is 17.2 Å². The van der Waals surface area contributed by atoms with Crippen molar-refractivity contribution in [2.24, 2.45) is 0 Å². The van der Waals surface area contributed by atoms with Crippen LogP contribution in [0.4, 0.5) is 4.39 Å². The third kappa shape index (κ3) is 3.40. The molecule has 4 nitrogen and oxygen atoms in total. The quantitative estimate of drug-likeness (QED) is 0.631. The number of fused-ring (bicyclic) bond motifs is 1. The average molecular weight is 328 g/mol. The molecule has 124 valence electrons. The number of carbonyl (C=O) groups excluding carboxylic acids is 1. The summed E-state index contributed by atoms with van der Waals surface area (Å²) in [5.74, 6) is 0.580. The summed E-state index contributed by atoms with van der Waals surface area (Å²) < 4.78 is 30.2. The number of ketones is 1. The molecule has 5 heteroatoms. The summed E-state index contributed by atoms with van der Waals surface area (Å²) in [6, 6.07) is 9.62. The van der Waals surface area contributed by atoms with Crippen LogP contribution in [0, 0.1) is 5.82 Å². The van der Waals surface area contributed by atoms with E-state index >= 15 is 0 Å². The first kappa shape index (κ1) is 16.1. The molecule has 0 aromatic heterocycles. The molecule has 1 aliphatic rings. The topological polar surface area (TPSA) is 44.8 Å². The van der Waals surface area contributed by atoms with Gasteiger partial charge in [-0.2, -0.15) is 0 Å². The number of hydrogen-bond acceptors (Lipinski definition) is 4. The number of methoxy groups -OCH3 is 1. The van der Waals surface area contributed by atoms with E-state index in [1.54, 1.807) is 12.1 Å². The molecule has 0 atom stereocenters. The Balaban J connectivity index is 1.85. The normalized spacial score (nSPS) is 13.6. The van der Waals surface area contributed by atoms with Crippen LogP contribution in [-0.2, 0) is 0 Å². The molecule has 1 heterocycles. The lowest BCUT2D eigenvalue weighted by molar-refractivity contribution is 0.104. The minimum atomic E-state index is -0.615. The van der Waals surface area contributed by atoms with E-state index in [4.69, 9.17) is 14.2 Å². The number of ether oxygens (including phenoxy) is 3. The van der Waals surface area contributed by atoms with Gasteiger partial charge in [0.15, 0.2) is 17.3 Å². The number of para-hydroxylation sites is 1. The predicted molar refractivity (Wildman–Crippen MR) is 88.4 cm³/mol. The molecule has 1 aliphatic heterocycles. The maximum absolute atomic E-state index is 14.0. The molecule has 0 bridgehead atoms. The highest BCUT2D eigenvalue weighted by Gasteiger charge is 2.14. The van der Waals surface area contributed by atoms with Gasteiger partial charge in [0, 0.05) is 18.1 Å². The van der Waals surface area contributed by atoms with Gasteiger partial charge in [0.05, 0.1) is 25.9 Å². The first-order valence-electron chi connectivity index (χ1n) is 7.63. The van der Waals surface area contributed by atoms with E-state index in [1.807, 2.05) is 18.2 Å². The van der Waals surface area contributed by atoms with Gasteiger partial charge in [0.25, 0.3) is 0 Å². The van der Waals surface area contributed by atoms with Crippen molar-refractivity contribution in [3.05, 3.63) is 59.4 Å². The monoisotopic (exact) mass is 328 g/mol. The fourth-order valence-electron chi connectivity index (χ4n) is 2.43. The second kappa shape index (κ2) is 7.17. The van der Waals surface area contributed by atoms with Gasteiger partial charge in [-0.15, -0.1) is 0 Å². The zero-order chi connectivity index (χ0) is 16.9. The van der Waals surface area contributed by atoms with E-state index in [0.717, 1.165) is 12.0 Å². The fraction of sp³-hybridized carbons (Fsp3) is 0.211. The summed E-state index contributed by atoms with van der Waals surface area (Å²) in [5.41, 5.74) is 0.711. The largest absolute Gasteiger partial charge is 0.497 e. The average Bonchev–Trinajstić information content (AvgIpc) is 2.85. The SMILES string of the molecule is COc1ccc(C(=O)C=Cc2cccc3c2OCCCO3)c(F)c1. The van der Waals surface area contributed by atoms with E-state index < -0.39 is 11.6 Å². The molecule has 2 aromatic carbocycles. The summed E-state index contributed by atoms with van der Waals surface area (Å²) in [7, 11) is 1.44. The summed E-state index contributed by atoms with van der Waals surface area (Å²) in [4.78, 5) is 12.2. The van der Waals surface area contributed by atoms with Crippen LogP contribution in [0.25, 0.3) is 6.08 Å². The second-order valence-corrected chi connectivity index (χ2v) is 5.27. The van der Waals surface area contributed by atoms with Crippen LogP contribution in [0.15, 0.2) is 42.5 Å². The second-order valence-electron chi connectivity index (χ2n) is 5.27. The Hall–Kier alpha value is -2.82. The molecule has 0 spiro atoms. The van der Waals surface area contributed by atoms with E-state index in [9.17, 15) is 9.18 Å². The van der Waals surface area contributed by atoms with E-state index in [-0.39, 0.29) is 5.56 Å². The molecule has 0 aliphatic carbocycles. The van der Waals surface area contributed by atoms with Gasteiger partial charge in [0.2, 0.25) is 0 Å². The zero-order valence-electron chi connectivity index (χ0n) is 13.3. The Kier molecular flexibility index (Phi) is 4.79. The van der Waals surface area contributed by atoms with E-state index in [2.05, 4.69) is 0 Å². The maximum Gasteiger partial charge on any atom is 0.188 e. The first-order chi connectivity index (χ1) is 11.7. The predicted octanol–water partition coefficient (Wildman–Crippen LogP) is 3.89. The minimum Gasteiger partial charge on any atom is -0.497 e. The Morgan fingerprint density at radius 2 is 2.04 bits per heavy atom. The minimum absolute atomic E-state index is 0.00811. The van der Waals surface area contributed by atoms with Crippen molar-refractivity contribution in [1.29, 1.82) is 0 Å². The molecule has 24 heavy (non-hydrogen) atoms. The van der Waals surface area contributed by atoms with Crippen LogP contribution in [0.3, 0.4) is 0 Å². The number of rotatable bonds is 4. The summed E-state index contributed by atoms with van der Waals surface area (Å²) >= 11 is 0. The Bertz CT molecular complexity index is 783. The fourth-order valence-corrected chi connectivity index (χ4v) is 2.43. The molecule has 2 aromatic rings. The van der Waals surface area contributed by atoms with Crippen LogP contribution in [0.2, 0.25) is 0 Å². The number of hydrogen-bond donors (Lipinski definition) is 0. The van der Waals surface area contributed by atoms with Crippen LogP contribution in [0.1, 0.15) is 22.3 Å². The Morgan fingerprint density at radius 1 is 1.21 bits per heavy atom. The molecule has 0 fully saturated rings. The molecule has 0 unspecified atom stereocenters. The van der Waals surface area contributed by atoms with Crippen LogP contribution < -0.4 is 14.2 Å². The van der Waals surface area contributed by atoms with Crippen molar-refractivity contribution >= 4 is 11.9 Å². The molecule has 3 rings (SSSR count). The first-order valence-corrected chi connectivity index (χ1v) is 7.63. The highest BCUT2D eigenvalue weighted by atomic mass is 19.1. The van der Waals surface area contributed by atoms with Crippen LogP contribution >= 0.6 is 0 Å². The van der Waals surface area contributed by atoms with Crippen molar-refractivity contribution < 1.29 is 23.4 Å². The summed E-state index contributed by atoms with van der Waals surface area (Å²) in [5, 5.41) is 0. The standard InChI is InChI=1S/C19H17FO4/c1-22-14-7-8-15(16(20)12-14)17(21)9-6-13-4-2-5-18-19(13)24-11-3-10-23-18/h2,4-9,12H,3,10-11H2,1H3. The Morgan fingerprint density at radius 3 is 2.83 bits per heavy atom. The van der Waals surface area contributed by atoms with Crippen molar-refractivity contribution in [3.63, 3.8) is 0 Å². The molecule has 0 N–H and O–H groups in total. The van der Waals surface area contributed by atoms with Gasteiger partial charge in [-0.3, -0.25) is 4.79 Å². The molecular weight excluding hydrogens is 311 g/mol. The number of carbonyl (C=O) groups is 1. The lowest BCUT2D eigenvalue weighted by Crippen LogP contribution is -2.00. The van der Waals surface area contributed by atoms with Crippen molar-refractivity contribution in [3.8, 4) is 17.2 Å². The van der Waals surface area contributed by atoms with E-state index in [1.165, 1.54) is 25.3 Å². The highest BCUT2D eigenvalue weighted by Crippen LogP contribution is 2.34. The number of halogens is 1. The van der Waals surface area contributed by atoms with Crippen molar-refractivity contribution in [2.45, 2.75) is 6.42 Å². The molecular formula is C19H17FO4. The number of benzene rings is 2. The molecule has 0 amide bonds. The smallest absolute Gasteiger partial charge is 0.188 e. The van der Waals surface area contributed by atoms with Gasteiger partial charge in [-0.25, -0.2) is 4.39 Å². The third-order valence-corrected chi connectivity index (χ3v) is 3.66. The van der Waals surface area contributed by atoms with Gasteiger partial charge >= 0.3 is 0 Å².